The number of likely N-dealkylation sites (tertiary alicyclic amines) is 1. The number of nitrogens with zero attached hydrogens (tertiary/aromatic N) is 3. The molecule has 14 heteroatoms. The fraction of sp³-hybridized carbons (Fsp3) is 0.810. The van der Waals surface area contributed by atoms with Crippen molar-refractivity contribution >= 4 is 23.0 Å². The Morgan fingerprint density at radius 2 is 1.64 bits per heavy atom. The van der Waals surface area contributed by atoms with E-state index in [1.165, 1.54) is 11.1 Å². The number of piperidine rings is 1. The molecule has 1 N–H and O–H groups in total. The minimum absolute atomic E-state index is 0.0752. The van der Waals surface area contributed by atoms with Crippen LogP contribution in [0, 0.1) is 23.2 Å². The number of ether oxygens (including phenoxy) is 2. The van der Waals surface area contributed by atoms with Gasteiger partial charge in [-0.1, -0.05) is 61.4 Å². The third-order valence-corrected chi connectivity index (χ3v) is 15.4. The number of morpholine rings is 1. The summed E-state index contributed by atoms with van der Waals surface area (Å²) in [6.07, 6.45) is 7.17. The molecule has 8 nitrogen and oxygen atoms in total. The number of carbonyl (C=O) groups is 1. The third-order valence-electron chi connectivity index (χ3n) is 13.9. The van der Waals surface area contributed by atoms with Gasteiger partial charge >= 0.3 is 18.2 Å². The summed E-state index contributed by atoms with van der Waals surface area (Å²) in [5.41, 5.74) is 3.55. The fourth-order valence-corrected chi connectivity index (χ4v) is 12.0. The van der Waals surface area contributed by atoms with Crippen molar-refractivity contribution in [3.05, 3.63) is 29.3 Å². The molecule has 1 amide bonds. The zero-order valence-corrected chi connectivity index (χ0v) is 33.8. The van der Waals surface area contributed by atoms with Gasteiger partial charge in [-0.2, -0.15) is 22.0 Å². The zero-order valence-electron chi connectivity index (χ0n) is 33.0. The number of amides is 1. The van der Waals surface area contributed by atoms with Crippen LogP contribution in [-0.2, 0) is 22.3 Å². The van der Waals surface area contributed by atoms with E-state index in [-0.39, 0.29) is 17.3 Å². The standard InChI is InChI=1S/C42H62F5N3O5S/c1-40-19-15-35-34-12-11-33(55-39(51)50-20-16-32(17-21-50)49-22-24-54-25-23-49)29-31(34)28-30(38(35)36(40)13-14-37(40)48-52)10-7-5-3-2-4-6-8-26-56(53)27-9-18-41(43,44)42(45,46)47/h11-12,29-30,32,35-36,38,52H,2-10,13-28H2,1H3/b48-37-/t30-,35-,36+,38-,40+,56?/m1/s1. The van der Waals surface area contributed by atoms with Crippen LogP contribution >= 0.6 is 0 Å². The van der Waals surface area contributed by atoms with Gasteiger partial charge in [0.15, 0.2) is 0 Å². The Morgan fingerprint density at radius 3 is 2.34 bits per heavy atom. The SMILES string of the molecule is C[C@]12CC[C@@H]3c4ccc(OC(=O)N5CCC(N6CCOCC6)CC5)cc4C[C@@H](CCCCCCCCC[S+]([O-])CCCC(F)(F)C(F)(F)F)[C@H]3[C@@H]1CC/C2=N/O. The Morgan fingerprint density at radius 1 is 0.964 bits per heavy atom. The molecule has 0 aromatic heterocycles. The highest BCUT2D eigenvalue weighted by molar-refractivity contribution is 7.91. The number of unbranched alkanes of at least 4 members (excludes halogenated alkanes) is 6. The third kappa shape index (κ3) is 10.3. The van der Waals surface area contributed by atoms with Crippen LogP contribution in [0.15, 0.2) is 23.4 Å². The first-order chi connectivity index (χ1) is 26.8. The number of hydrogen-bond donors (Lipinski definition) is 1. The number of hydrogen-bond acceptors (Lipinski definition) is 7. The van der Waals surface area contributed by atoms with E-state index in [0.717, 1.165) is 122 Å². The van der Waals surface area contributed by atoms with Crippen LogP contribution in [0.2, 0.25) is 0 Å². The van der Waals surface area contributed by atoms with Crippen LogP contribution in [0.1, 0.15) is 127 Å². The summed E-state index contributed by atoms with van der Waals surface area (Å²) in [5.74, 6) is -2.04. The first-order valence-electron chi connectivity index (χ1n) is 21.2. The molecule has 56 heavy (non-hydrogen) atoms. The predicted molar refractivity (Wildman–Crippen MR) is 207 cm³/mol. The smallest absolute Gasteiger partial charge is 0.453 e. The van der Waals surface area contributed by atoms with Crippen LogP contribution in [0.4, 0.5) is 26.7 Å². The van der Waals surface area contributed by atoms with Crippen molar-refractivity contribution in [1.29, 1.82) is 0 Å². The van der Waals surface area contributed by atoms with Gasteiger partial charge in [-0.3, -0.25) is 4.90 Å². The van der Waals surface area contributed by atoms with Gasteiger partial charge in [-0.15, -0.1) is 0 Å². The zero-order chi connectivity index (χ0) is 39.9. The summed E-state index contributed by atoms with van der Waals surface area (Å²) in [5, 5.41) is 13.7. The second-order valence-corrected chi connectivity index (χ2v) is 19.0. The van der Waals surface area contributed by atoms with E-state index in [1.54, 1.807) is 0 Å². The van der Waals surface area contributed by atoms with Crippen molar-refractivity contribution in [2.75, 3.05) is 50.9 Å². The summed E-state index contributed by atoms with van der Waals surface area (Å²) in [6, 6.07) is 6.79. The molecule has 2 heterocycles. The van der Waals surface area contributed by atoms with Crippen LogP contribution in [-0.4, -0.2) is 100 Å². The topological polar surface area (TPSA) is 97.7 Å². The van der Waals surface area contributed by atoms with Gasteiger partial charge < -0.3 is 24.1 Å². The van der Waals surface area contributed by atoms with Crippen LogP contribution < -0.4 is 4.74 Å². The summed E-state index contributed by atoms with van der Waals surface area (Å²) in [7, 11) is 0. The number of halogens is 5. The average Bonchev–Trinajstić information content (AvgIpc) is 3.53. The van der Waals surface area contributed by atoms with Crippen LogP contribution in [0.3, 0.4) is 0 Å². The van der Waals surface area contributed by atoms with E-state index in [2.05, 4.69) is 29.1 Å². The van der Waals surface area contributed by atoms with E-state index in [1.807, 2.05) is 11.0 Å². The van der Waals surface area contributed by atoms with Gasteiger partial charge in [0, 0.05) is 44.1 Å². The highest BCUT2D eigenvalue weighted by Crippen LogP contribution is 2.62. The van der Waals surface area contributed by atoms with Crippen molar-refractivity contribution in [1.82, 2.24) is 9.80 Å². The Balaban J connectivity index is 0.974. The minimum Gasteiger partial charge on any atom is -0.616 e. The lowest BCUT2D eigenvalue weighted by molar-refractivity contribution is -0.284. The first kappa shape index (κ1) is 43.4. The molecule has 3 aliphatic carbocycles. The first-order valence-corrected chi connectivity index (χ1v) is 22.7. The molecule has 0 spiro atoms. The van der Waals surface area contributed by atoms with E-state index >= 15 is 0 Å². The molecular formula is C42H62F5N3O5S. The maximum atomic E-state index is 13.3. The monoisotopic (exact) mass is 815 g/mol. The fourth-order valence-electron chi connectivity index (χ4n) is 10.8. The molecule has 6 rings (SSSR count). The van der Waals surface area contributed by atoms with Crippen molar-refractivity contribution in [2.45, 2.75) is 140 Å². The molecule has 1 aromatic carbocycles. The average molecular weight is 816 g/mol. The summed E-state index contributed by atoms with van der Waals surface area (Å²) < 4.78 is 86.9. The molecule has 0 bridgehead atoms. The van der Waals surface area contributed by atoms with E-state index < -0.39 is 36.1 Å². The number of alkyl halides is 5. The molecule has 6 atom stereocenters. The Bertz CT molecular complexity index is 1470. The molecule has 1 unspecified atom stereocenters. The number of carbonyl (C=O) groups excluding carboxylic acids is 1. The Kier molecular flexibility index (Phi) is 14.9. The van der Waals surface area contributed by atoms with Crippen molar-refractivity contribution in [2.24, 2.45) is 28.3 Å². The van der Waals surface area contributed by atoms with Crippen molar-refractivity contribution in [3.8, 4) is 5.75 Å². The lowest BCUT2D eigenvalue weighted by atomic mass is 9.52. The molecule has 4 fully saturated rings. The molecule has 2 saturated heterocycles. The summed E-state index contributed by atoms with van der Waals surface area (Å²) in [4.78, 5) is 17.6. The van der Waals surface area contributed by atoms with E-state index in [9.17, 15) is 36.5 Å². The lowest BCUT2D eigenvalue weighted by Crippen LogP contribution is -2.50. The second kappa shape index (κ2) is 19.3. The highest BCUT2D eigenvalue weighted by Gasteiger charge is 2.57. The van der Waals surface area contributed by atoms with Gasteiger partial charge in [-0.05, 0) is 118 Å². The number of rotatable bonds is 16. The van der Waals surface area contributed by atoms with E-state index in [0.29, 0.717) is 60.7 Å². The normalized spacial score (nSPS) is 28.8. The molecule has 2 saturated carbocycles. The van der Waals surface area contributed by atoms with Gasteiger partial charge in [0.25, 0.3) is 0 Å². The quantitative estimate of drug-likeness (QED) is 0.0587. The summed E-state index contributed by atoms with van der Waals surface area (Å²) >= 11 is -1.38. The Hall–Kier alpha value is -2.16. The van der Waals surface area contributed by atoms with Crippen molar-refractivity contribution in [3.63, 3.8) is 0 Å². The van der Waals surface area contributed by atoms with Gasteiger partial charge in [0.1, 0.15) is 17.3 Å². The van der Waals surface area contributed by atoms with Gasteiger partial charge in [-0.25, -0.2) is 4.79 Å². The van der Waals surface area contributed by atoms with Gasteiger partial charge in [0.2, 0.25) is 0 Å². The molecule has 1 aromatic rings. The number of fused-ring (bicyclic) bond motifs is 5. The maximum absolute atomic E-state index is 13.3. The maximum Gasteiger partial charge on any atom is 0.453 e. The lowest BCUT2D eigenvalue weighted by Gasteiger charge is -2.52. The van der Waals surface area contributed by atoms with E-state index in [4.69, 9.17) is 9.47 Å². The molecule has 2 aliphatic heterocycles. The molecule has 5 aliphatic rings. The van der Waals surface area contributed by atoms with Gasteiger partial charge in [0.05, 0.1) is 18.9 Å². The predicted octanol–water partition coefficient (Wildman–Crippen LogP) is 9.74. The number of benzene rings is 1. The number of oxime groups is 1. The van der Waals surface area contributed by atoms with Crippen molar-refractivity contribution < 1.29 is 46.0 Å². The summed E-state index contributed by atoms with van der Waals surface area (Å²) in [6.45, 7) is 7.15. The van der Waals surface area contributed by atoms with Crippen LogP contribution in [0.25, 0.3) is 0 Å². The molecule has 0 radical (unpaired) electrons. The second-order valence-electron chi connectivity index (χ2n) is 17.3. The largest absolute Gasteiger partial charge is 0.616 e. The minimum atomic E-state index is -5.56. The van der Waals surface area contributed by atoms with Crippen LogP contribution in [0.5, 0.6) is 5.75 Å². The Labute approximate surface area is 332 Å². The molecular weight excluding hydrogens is 754 g/mol. The highest BCUT2D eigenvalue weighted by atomic mass is 32.2. The molecule has 316 valence electrons.